The van der Waals surface area contributed by atoms with E-state index in [0.29, 0.717) is 12.6 Å². The largest absolute Gasteiger partial charge is 0.491 e. The second kappa shape index (κ2) is 8.39. The Labute approximate surface area is 108 Å². The lowest BCUT2D eigenvalue weighted by molar-refractivity contribution is 0.169. The Balaban J connectivity index is 2.26. The van der Waals surface area contributed by atoms with Crippen LogP contribution in [0.2, 0.25) is 0 Å². The minimum absolute atomic E-state index is 0.361. The van der Waals surface area contributed by atoms with Crippen molar-refractivity contribution >= 4 is 11.8 Å². The summed E-state index contributed by atoms with van der Waals surface area (Å²) in [5, 5.41) is 3.33. The molecule has 0 heterocycles. The summed E-state index contributed by atoms with van der Waals surface area (Å²) >= 11 is 1.70. The van der Waals surface area contributed by atoms with Crippen LogP contribution in [-0.2, 0) is 4.74 Å². The molecular weight excluding hydrogens is 234 g/mol. The molecule has 1 atom stereocenters. The van der Waals surface area contributed by atoms with Gasteiger partial charge in [0.25, 0.3) is 0 Å². The molecule has 0 aliphatic carbocycles. The van der Waals surface area contributed by atoms with Crippen molar-refractivity contribution in [3.63, 3.8) is 0 Å². The molecule has 1 aromatic carbocycles. The van der Waals surface area contributed by atoms with Crippen LogP contribution in [0.3, 0.4) is 0 Å². The summed E-state index contributed by atoms with van der Waals surface area (Å²) < 4.78 is 10.8. The summed E-state index contributed by atoms with van der Waals surface area (Å²) in [5.41, 5.74) is 0. The normalized spacial score (nSPS) is 12.4. The lowest BCUT2D eigenvalue weighted by Gasteiger charge is -2.14. The van der Waals surface area contributed by atoms with Crippen LogP contribution in [0, 0.1) is 0 Å². The molecule has 0 amide bonds. The van der Waals surface area contributed by atoms with E-state index < -0.39 is 0 Å². The van der Waals surface area contributed by atoms with Crippen molar-refractivity contribution < 1.29 is 9.47 Å². The van der Waals surface area contributed by atoms with Crippen LogP contribution in [0.15, 0.2) is 29.2 Å². The minimum Gasteiger partial charge on any atom is -0.491 e. The minimum atomic E-state index is 0.361. The van der Waals surface area contributed by atoms with E-state index in [0.717, 1.165) is 18.9 Å². The van der Waals surface area contributed by atoms with Crippen LogP contribution in [0.1, 0.15) is 6.92 Å². The number of methoxy groups -OCH3 is 1. The number of benzene rings is 1. The maximum atomic E-state index is 5.73. The summed E-state index contributed by atoms with van der Waals surface area (Å²) in [4.78, 5) is 1.18. The summed E-state index contributed by atoms with van der Waals surface area (Å²) in [7, 11) is 1.71. The van der Waals surface area contributed by atoms with Crippen molar-refractivity contribution in [1.29, 1.82) is 0 Å². The Hall–Kier alpha value is -0.710. The molecule has 0 aliphatic rings. The first-order valence-electron chi connectivity index (χ1n) is 5.76. The van der Waals surface area contributed by atoms with Crippen molar-refractivity contribution in [3.05, 3.63) is 24.3 Å². The van der Waals surface area contributed by atoms with Crippen LogP contribution < -0.4 is 10.1 Å². The molecule has 0 fully saturated rings. The highest BCUT2D eigenvalue weighted by atomic mass is 32.2. The Kier molecular flexibility index (Phi) is 7.08. The van der Waals surface area contributed by atoms with E-state index in [1.165, 1.54) is 4.90 Å². The van der Waals surface area contributed by atoms with Crippen molar-refractivity contribution in [2.75, 3.05) is 33.1 Å². The first-order valence-corrected chi connectivity index (χ1v) is 6.98. The Morgan fingerprint density at radius 1 is 1.35 bits per heavy atom. The van der Waals surface area contributed by atoms with E-state index in [1.54, 1.807) is 18.9 Å². The van der Waals surface area contributed by atoms with Gasteiger partial charge in [-0.25, -0.2) is 0 Å². The molecule has 1 N–H and O–H groups in total. The van der Waals surface area contributed by atoms with Gasteiger partial charge >= 0.3 is 0 Å². The molecule has 1 unspecified atom stereocenters. The highest BCUT2D eigenvalue weighted by Gasteiger charge is 2.02. The summed E-state index contributed by atoms with van der Waals surface area (Å²) in [6, 6.07) is 8.46. The molecule has 0 saturated carbocycles. The molecule has 17 heavy (non-hydrogen) atoms. The Morgan fingerprint density at radius 2 is 2.12 bits per heavy atom. The number of ether oxygens (including phenoxy) is 2. The first-order chi connectivity index (χ1) is 8.27. The topological polar surface area (TPSA) is 30.5 Å². The maximum Gasteiger partial charge on any atom is 0.132 e. The molecular formula is C13H21NO2S. The summed E-state index contributed by atoms with van der Waals surface area (Å²) in [6.45, 7) is 4.32. The average Bonchev–Trinajstić information content (AvgIpc) is 2.35. The number of thioether (sulfide) groups is 1. The molecule has 1 rings (SSSR count). The van der Waals surface area contributed by atoms with Gasteiger partial charge in [0, 0.05) is 24.6 Å². The van der Waals surface area contributed by atoms with E-state index in [-0.39, 0.29) is 0 Å². The zero-order valence-corrected chi connectivity index (χ0v) is 11.5. The van der Waals surface area contributed by atoms with Gasteiger partial charge in [-0.1, -0.05) is 12.1 Å². The van der Waals surface area contributed by atoms with Gasteiger partial charge in [0.15, 0.2) is 0 Å². The molecule has 96 valence electrons. The van der Waals surface area contributed by atoms with Gasteiger partial charge in [-0.3, -0.25) is 0 Å². The molecule has 0 bridgehead atoms. The molecule has 0 spiro atoms. The highest BCUT2D eigenvalue weighted by Crippen LogP contribution is 2.26. The standard InChI is InChI=1S/C13H21NO2S/c1-11(10-15-2)14-8-9-16-12-6-4-5-7-13(12)17-3/h4-7,11,14H,8-10H2,1-3H3. The third kappa shape index (κ3) is 5.44. The first kappa shape index (κ1) is 14.4. The zero-order valence-electron chi connectivity index (χ0n) is 10.7. The lowest BCUT2D eigenvalue weighted by atomic mass is 10.3. The van der Waals surface area contributed by atoms with Crippen molar-refractivity contribution in [1.82, 2.24) is 5.32 Å². The van der Waals surface area contributed by atoms with Crippen molar-refractivity contribution in [2.24, 2.45) is 0 Å². The number of hydrogen-bond donors (Lipinski definition) is 1. The fraction of sp³-hybridized carbons (Fsp3) is 0.538. The Morgan fingerprint density at radius 3 is 2.82 bits per heavy atom. The van der Waals surface area contributed by atoms with Gasteiger partial charge in [0.2, 0.25) is 0 Å². The number of nitrogens with one attached hydrogen (secondary N) is 1. The fourth-order valence-corrected chi connectivity index (χ4v) is 2.06. The summed E-state index contributed by atoms with van der Waals surface area (Å²) in [5.74, 6) is 0.959. The second-order valence-corrected chi connectivity index (χ2v) is 4.66. The fourth-order valence-electron chi connectivity index (χ4n) is 1.51. The van der Waals surface area contributed by atoms with Gasteiger partial charge in [0.1, 0.15) is 12.4 Å². The molecule has 0 saturated heterocycles. The predicted octanol–water partition coefficient (Wildman–Crippen LogP) is 2.41. The zero-order chi connectivity index (χ0) is 12.5. The number of para-hydroxylation sites is 1. The van der Waals surface area contributed by atoms with Gasteiger partial charge in [-0.05, 0) is 25.3 Å². The highest BCUT2D eigenvalue weighted by molar-refractivity contribution is 7.98. The third-order valence-electron chi connectivity index (χ3n) is 2.34. The smallest absolute Gasteiger partial charge is 0.132 e. The predicted molar refractivity (Wildman–Crippen MR) is 73.1 cm³/mol. The molecule has 1 aromatic rings. The SMILES string of the molecule is COCC(C)NCCOc1ccccc1SC. The maximum absolute atomic E-state index is 5.73. The van der Waals surface area contributed by atoms with E-state index in [2.05, 4.69) is 24.6 Å². The molecule has 3 nitrogen and oxygen atoms in total. The number of rotatable bonds is 8. The van der Waals surface area contributed by atoms with Crippen LogP contribution >= 0.6 is 11.8 Å². The van der Waals surface area contributed by atoms with Crippen molar-refractivity contribution in [3.8, 4) is 5.75 Å². The van der Waals surface area contributed by atoms with Crippen LogP contribution in [0.4, 0.5) is 0 Å². The second-order valence-electron chi connectivity index (χ2n) is 3.81. The van der Waals surface area contributed by atoms with Crippen LogP contribution in [0.25, 0.3) is 0 Å². The third-order valence-corrected chi connectivity index (χ3v) is 3.12. The quantitative estimate of drug-likeness (QED) is 0.571. The van der Waals surface area contributed by atoms with E-state index in [9.17, 15) is 0 Å². The molecule has 0 radical (unpaired) electrons. The Bertz CT molecular complexity index is 320. The van der Waals surface area contributed by atoms with Gasteiger partial charge < -0.3 is 14.8 Å². The van der Waals surface area contributed by atoms with Gasteiger partial charge in [-0.2, -0.15) is 0 Å². The lowest BCUT2D eigenvalue weighted by Crippen LogP contribution is -2.33. The summed E-state index contributed by atoms with van der Waals surface area (Å²) in [6.07, 6.45) is 2.06. The molecule has 0 aliphatic heterocycles. The van der Waals surface area contributed by atoms with Crippen LogP contribution in [-0.4, -0.2) is 39.2 Å². The van der Waals surface area contributed by atoms with Crippen LogP contribution in [0.5, 0.6) is 5.75 Å². The van der Waals surface area contributed by atoms with E-state index in [4.69, 9.17) is 9.47 Å². The van der Waals surface area contributed by atoms with E-state index >= 15 is 0 Å². The van der Waals surface area contributed by atoms with E-state index in [1.807, 2.05) is 18.2 Å². The van der Waals surface area contributed by atoms with Gasteiger partial charge in [0.05, 0.1) is 6.61 Å². The molecule has 4 heteroatoms. The average molecular weight is 255 g/mol. The van der Waals surface area contributed by atoms with Crippen molar-refractivity contribution in [2.45, 2.75) is 17.9 Å². The van der Waals surface area contributed by atoms with Gasteiger partial charge in [-0.15, -0.1) is 11.8 Å². The monoisotopic (exact) mass is 255 g/mol. The number of hydrogen-bond acceptors (Lipinski definition) is 4. The molecule has 0 aromatic heterocycles.